The van der Waals surface area contributed by atoms with Gasteiger partial charge in [0.2, 0.25) is 0 Å². The molecule has 11 heteroatoms. The largest absolute Gasteiger partial charge is 1.00 e. The molecule has 0 saturated carbocycles. The van der Waals surface area contributed by atoms with Crippen molar-refractivity contribution in [3.8, 4) is 0 Å². The van der Waals surface area contributed by atoms with Crippen molar-refractivity contribution >= 4 is 5.97 Å². The quantitative estimate of drug-likeness (QED) is 0.303. The van der Waals surface area contributed by atoms with Crippen molar-refractivity contribution in [3.05, 3.63) is 0 Å². The minimum atomic E-state index is -1.68. The smallest absolute Gasteiger partial charge is 0.831 e. The average Bonchev–Trinajstić information content (AvgIpc) is 2.44. The van der Waals surface area contributed by atoms with Gasteiger partial charge in [-0.15, -0.1) is 0 Å². The fraction of sp³-hybridized carbons (Fsp3) is 0.917. The standard InChI is InChI=1S/C12H19O10.K/c13-3-6-9(17)4(14)2-8(20-6)22-10-5(15)1-7(16)21-11(10)12(18)19;/h4-11,13-15,17H,1-3H2,(H,18,19);/q-1;+1/t4?,5-,6?,7?,8?,9+,10+,11+;/m1./s1. The molecule has 2 saturated heterocycles. The van der Waals surface area contributed by atoms with Crippen LogP contribution in [0.5, 0.6) is 0 Å². The van der Waals surface area contributed by atoms with Crippen LogP contribution in [0, 0.1) is 0 Å². The SMILES string of the molecule is O=C(O)[C@H]1OC([O-])C[C@@H](O)[C@@H]1OC1CC(O)[C@H](O)C(CO)O1.[K+]. The summed E-state index contributed by atoms with van der Waals surface area (Å²) in [5, 5.41) is 58.5. The van der Waals surface area contributed by atoms with Gasteiger partial charge in [-0.25, -0.2) is 4.79 Å². The van der Waals surface area contributed by atoms with Gasteiger partial charge in [-0.05, 0) is 12.7 Å². The molecular weight excluding hydrogens is 343 g/mol. The first-order valence-electron chi connectivity index (χ1n) is 6.83. The van der Waals surface area contributed by atoms with E-state index in [0.29, 0.717) is 0 Å². The Morgan fingerprint density at radius 1 is 1.17 bits per heavy atom. The Labute approximate surface area is 174 Å². The Bertz CT molecular complexity index is 396. The van der Waals surface area contributed by atoms with Crippen LogP contribution in [0.2, 0.25) is 0 Å². The molecule has 0 radical (unpaired) electrons. The molecule has 4 unspecified atom stereocenters. The van der Waals surface area contributed by atoms with Gasteiger partial charge >= 0.3 is 57.4 Å². The van der Waals surface area contributed by atoms with Crippen molar-refractivity contribution in [2.24, 2.45) is 0 Å². The second-order valence-electron chi connectivity index (χ2n) is 5.31. The van der Waals surface area contributed by atoms with Crippen LogP contribution in [0.4, 0.5) is 0 Å². The van der Waals surface area contributed by atoms with E-state index >= 15 is 0 Å². The minimum absolute atomic E-state index is 0. The maximum atomic E-state index is 11.3. The number of hydrogen-bond donors (Lipinski definition) is 5. The molecule has 8 atom stereocenters. The summed E-state index contributed by atoms with van der Waals surface area (Å²) in [7, 11) is 0. The molecule has 0 spiro atoms. The van der Waals surface area contributed by atoms with Gasteiger partial charge in [0.05, 0.1) is 18.8 Å². The first kappa shape index (κ1) is 21.8. The number of aliphatic hydroxyl groups is 4. The van der Waals surface area contributed by atoms with E-state index < -0.39 is 61.8 Å². The Morgan fingerprint density at radius 2 is 1.83 bits per heavy atom. The molecule has 2 rings (SSSR count). The summed E-state index contributed by atoms with van der Waals surface area (Å²) in [5.74, 6) is -1.47. The predicted molar refractivity (Wildman–Crippen MR) is 64.2 cm³/mol. The van der Waals surface area contributed by atoms with Crippen molar-refractivity contribution in [3.63, 3.8) is 0 Å². The van der Waals surface area contributed by atoms with E-state index in [9.17, 15) is 25.2 Å². The maximum absolute atomic E-state index is 11.3. The summed E-state index contributed by atoms with van der Waals surface area (Å²) in [6, 6.07) is 0. The van der Waals surface area contributed by atoms with E-state index in [0.717, 1.165) is 0 Å². The van der Waals surface area contributed by atoms with E-state index in [1.54, 1.807) is 0 Å². The van der Waals surface area contributed by atoms with Crippen molar-refractivity contribution in [2.75, 3.05) is 6.61 Å². The summed E-state index contributed by atoms with van der Waals surface area (Å²) in [4.78, 5) is 11.1. The number of ether oxygens (including phenoxy) is 3. The molecule has 2 aliphatic heterocycles. The summed E-state index contributed by atoms with van der Waals surface area (Å²) < 4.78 is 15.2. The molecular formula is C12H19KO10. The number of aliphatic carboxylic acids is 1. The van der Waals surface area contributed by atoms with Crippen LogP contribution in [0.15, 0.2) is 0 Å². The molecule has 2 fully saturated rings. The number of carbonyl (C=O) groups is 1. The molecule has 0 aromatic heterocycles. The number of carboxylic acid groups (broad SMARTS) is 1. The van der Waals surface area contributed by atoms with E-state index in [4.69, 9.17) is 24.4 Å². The van der Waals surface area contributed by atoms with Crippen LogP contribution in [-0.4, -0.2) is 87.3 Å². The Kier molecular flexibility index (Phi) is 8.99. The fourth-order valence-electron chi connectivity index (χ4n) is 2.52. The van der Waals surface area contributed by atoms with Gasteiger partial charge in [-0.1, -0.05) is 0 Å². The van der Waals surface area contributed by atoms with Gasteiger partial charge in [0.15, 0.2) is 12.4 Å². The predicted octanol–water partition coefficient (Wildman–Crippen LogP) is -6.87. The van der Waals surface area contributed by atoms with Crippen LogP contribution in [0.3, 0.4) is 0 Å². The molecule has 0 amide bonds. The zero-order valence-corrected chi connectivity index (χ0v) is 15.6. The zero-order valence-electron chi connectivity index (χ0n) is 12.5. The summed E-state index contributed by atoms with van der Waals surface area (Å²) >= 11 is 0. The third-order valence-corrected chi connectivity index (χ3v) is 3.68. The second-order valence-corrected chi connectivity index (χ2v) is 5.31. The number of carboxylic acids is 1. The third kappa shape index (κ3) is 5.38. The number of rotatable bonds is 4. The van der Waals surface area contributed by atoms with Crippen LogP contribution in [-0.2, 0) is 19.0 Å². The van der Waals surface area contributed by atoms with Crippen molar-refractivity contribution in [1.82, 2.24) is 0 Å². The van der Waals surface area contributed by atoms with Gasteiger partial charge in [0, 0.05) is 6.42 Å². The zero-order chi connectivity index (χ0) is 16.4. The molecule has 23 heavy (non-hydrogen) atoms. The minimum Gasteiger partial charge on any atom is -0.831 e. The fourth-order valence-corrected chi connectivity index (χ4v) is 2.52. The molecule has 2 aliphatic rings. The topological polar surface area (TPSA) is 169 Å². The summed E-state index contributed by atoms with van der Waals surface area (Å²) in [5.41, 5.74) is 0. The molecule has 0 aliphatic carbocycles. The van der Waals surface area contributed by atoms with Gasteiger partial charge in [-0.3, -0.25) is 0 Å². The normalized spacial score (nSPS) is 44.4. The summed E-state index contributed by atoms with van der Waals surface area (Å²) in [6.45, 7) is -0.577. The Hall–Kier alpha value is 0.786. The first-order valence-corrected chi connectivity index (χ1v) is 6.83. The van der Waals surface area contributed by atoms with E-state index in [-0.39, 0.29) is 64.2 Å². The molecule has 0 aromatic rings. The monoisotopic (exact) mass is 362 g/mol. The molecule has 0 aromatic carbocycles. The average molecular weight is 362 g/mol. The van der Waals surface area contributed by atoms with Crippen LogP contribution < -0.4 is 56.5 Å². The number of hydrogen-bond acceptors (Lipinski definition) is 9. The van der Waals surface area contributed by atoms with Gasteiger partial charge in [-0.2, -0.15) is 0 Å². The first-order chi connectivity index (χ1) is 10.3. The molecule has 10 nitrogen and oxygen atoms in total. The number of aliphatic hydroxyl groups excluding tert-OH is 4. The molecule has 0 bridgehead atoms. The van der Waals surface area contributed by atoms with Crippen LogP contribution >= 0.6 is 0 Å². The van der Waals surface area contributed by atoms with E-state index in [1.165, 1.54) is 0 Å². The van der Waals surface area contributed by atoms with E-state index in [2.05, 4.69) is 0 Å². The maximum Gasteiger partial charge on any atom is 1.00 e. The molecule has 5 N–H and O–H groups in total. The van der Waals surface area contributed by atoms with Crippen molar-refractivity contribution in [2.45, 2.75) is 62.0 Å². The second kappa shape index (κ2) is 9.47. The van der Waals surface area contributed by atoms with Crippen molar-refractivity contribution < 1.29 is 101 Å². The van der Waals surface area contributed by atoms with Gasteiger partial charge in [0.1, 0.15) is 18.3 Å². The Morgan fingerprint density at radius 3 is 2.39 bits per heavy atom. The van der Waals surface area contributed by atoms with Crippen LogP contribution in [0.25, 0.3) is 0 Å². The third-order valence-electron chi connectivity index (χ3n) is 3.68. The summed E-state index contributed by atoms with van der Waals surface area (Å²) in [6.07, 6.45) is -11.5. The van der Waals surface area contributed by atoms with Crippen LogP contribution in [0.1, 0.15) is 12.8 Å². The van der Waals surface area contributed by atoms with Crippen molar-refractivity contribution in [1.29, 1.82) is 0 Å². The van der Waals surface area contributed by atoms with Gasteiger partial charge in [0.25, 0.3) is 0 Å². The van der Waals surface area contributed by atoms with Gasteiger partial charge < -0.3 is 44.8 Å². The molecule has 2 heterocycles. The Balaban J connectivity index is 0.00000264. The molecule has 128 valence electrons. The van der Waals surface area contributed by atoms with E-state index in [1.807, 2.05) is 0 Å².